The molecule has 0 saturated heterocycles. The third kappa shape index (κ3) is 3.98. The van der Waals surface area contributed by atoms with E-state index in [9.17, 15) is 13.2 Å². The van der Waals surface area contributed by atoms with Crippen molar-refractivity contribution in [2.24, 2.45) is 0 Å². The Hall–Kier alpha value is -2.01. The number of halogens is 3. The summed E-state index contributed by atoms with van der Waals surface area (Å²) in [5.41, 5.74) is 1.29. The fourth-order valence-corrected chi connectivity index (χ4v) is 2.10. The maximum Gasteiger partial charge on any atom is 0.418 e. The molecule has 2 rings (SSSR count). The van der Waals surface area contributed by atoms with Crippen LogP contribution in [0.4, 0.5) is 18.9 Å². The van der Waals surface area contributed by atoms with Crippen LogP contribution in [0.5, 0.6) is 0 Å². The quantitative estimate of drug-likeness (QED) is 0.879. The number of hydrogen-bond acceptors (Lipinski definition) is 2. The molecule has 0 aliphatic carbocycles. The molecule has 0 amide bonds. The summed E-state index contributed by atoms with van der Waals surface area (Å²) in [5, 5.41) is 2.86. The van der Waals surface area contributed by atoms with Crippen LogP contribution < -0.4 is 5.32 Å². The van der Waals surface area contributed by atoms with Crippen LogP contribution in [0.2, 0.25) is 0 Å². The predicted molar refractivity (Wildman–Crippen MR) is 75.9 cm³/mol. The lowest BCUT2D eigenvalue weighted by atomic mass is 10.1. The third-order valence-electron chi connectivity index (χ3n) is 3.12. The average Bonchev–Trinajstić information content (AvgIpc) is 2.46. The molecule has 2 nitrogen and oxygen atoms in total. The molecule has 0 unspecified atom stereocenters. The minimum absolute atomic E-state index is 0.0808. The second kappa shape index (κ2) is 6.63. The average molecular weight is 295 g/mol. The van der Waals surface area contributed by atoms with E-state index in [-0.39, 0.29) is 5.69 Å². The minimum Gasteiger partial charge on any atom is -0.380 e. The number of alkyl halides is 3. The van der Waals surface area contributed by atoms with Gasteiger partial charge in [0.25, 0.3) is 0 Å². The SMILES string of the molecule is COCc1ccccc1CNc1ccccc1C(F)(F)F. The van der Waals surface area contributed by atoms with Crippen LogP contribution in [0.1, 0.15) is 16.7 Å². The first-order valence-electron chi connectivity index (χ1n) is 6.48. The minimum atomic E-state index is -4.37. The molecule has 0 aromatic heterocycles. The van der Waals surface area contributed by atoms with Crippen LogP contribution in [-0.2, 0) is 24.1 Å². The Morgan fingerprint density at radius 3 is 2.24 bits per heavy atom. The molecule has 0 saturated carbocycles. The molecule has 1 N–H and O–H groups in total. The van der Waals surface area contributed by atoms with E-state index < -0.39 is 11.7 Å². The zero-order valence-electron chi connectivity index (χ0n) is 11.6. The smallest absolute Gasteiger partial charge is 0.380 e. The number of anilines is 1. The molecule has 21 heavy (non-hydrogen) atoms. The molecule has 0 radical (unpaired) electrons. The molecule has 0 fully saturated rings. The van der Waals surface area contributed by atoms with Gasteiger partial charge in [0.2, 0.25) is 0 Å². The molecule has 112 valence electrons. The lowest BCUT2D eigenvalue weighted by Gasteiger charge is -2.15. The van der Waals surface area contributed by atoms with Crippen LogP contribution >= 0.6 is 0 Å². The molecular weight excluding hydrogens is 279 g/mol. The second-order valence-electron chi connectivity index (χ2n) is 4.60. The molecule has 0 spiro atoms. The largest absolute Gasteiger partial charge is 0.418 e. The Labute approximate surface area is 121 Å². The first-order chi connectivity index (χ1) is 10.0. The standard InChI is InChI=1S/C16H16F3NO/c1-21-11-13-7-3-2-6-12(13)10-20-15-9-5-4-8-14(15)16(17,18)19/h2-9,20H,10-11H2,1H3. The second-order valence-corrected chi connectivity index (χ2v) is 4.60. The van der Waals surface area contributed by atoms with Crippen LogP contribution in [0.3, 0.4) is 0 Å². The van der Waals surface area contributed by atoms with Gasteiger partial charge >= 0.3 is 6.18 Å². The van der Waals surface area contributed by atoms with E-state index in [2.05, 4.69) is 5.32 Å². The summed E-state index contributed by atoms with van der Waals surface area (Å²) in [5.74, 6) is 0. The molecule has 0 bridgehead atoms. The number of nitrogens with one attached hydrogen (secondary N) is 1. The summed E-state index contributed by atoms with van der Waals surface area (Å²) in [4.78, 5) is 0. The van der Waals surface area contributed by atoms with Gasteiger partial charge < -0.3 is 10.1 Å². The van der Waals surface area contributed by atoms with E-state index in [0.717, 1.165) is 17.2 Å². The van der Waals surface area contributed by atoms with Crippen molar-refractivity contribution in [3.8, 4) is 0 Å². The van der Waals surface area contributed by atoms with Crippen LogP contribution in [0.15, 0.2) is 48.5 Å². The van der Waals surface area contributed by atoms with E-state index in [1.165, 1.54) is 12.1 Å². The molecule has 2 aromatic rings. The summed E-state index contributed by atoms with van der Waals surface area (Å²) in [6.07, 6.45) is -4.37. The van der Waals surface area contributed by atoms with E-state index in [4.69, 9.17) is 4.74 Å². The number of para-hydroxylation sites is 1. The summed E-state index contributed by atoms with van der Waals surface area (Å²) in [7, 11) is 1.59. The number of methoxy groups -OCH3 is 1. The number of benzene rings is 2. The first-order valence-corrected chi connectivity index (χ1v) is 6.48. The van der Waals surface area contributed by atoms with Crippen molar-refractivity contribution in [1.29, 1.82) is 0 Å². The van der Waals surface area contributed by atoms with E-state index in [1.54, 1.807) is 13.2 Å². The van der Waals surface area contributed by atoms with Crippen molar-refractivity contribution in [2.45, 2.75) is 19.3 Å². The normalized spacial score (nSPS) is 11.4. The van der Waals surface area contributed by atoms with Crippen LogP contribution in [-0.4, -0.2) is 7.11 Å². The monoisotopic (exact) mass is 295 g/mol. The van der Waals surface area contributed by atoms with Crippen LogP contribution in [0, 0.1) is 0 Å². The van der Waals surface area contributed by atoms with Crippen molar-refractivity contribution in [3.63, 3.8) is 0 Å². The Morgan fingerprint density at radius 2 is 1.57 bits per heavy atom. The Kier molecular flexibility index (Phi) is 4.85. The van der Waals surface area contributed by atoms with Gasteiger partial charge in [0.15, 0.2) is 0 Å². The van der Waals surface area contributed by atoms with Crippen molar-refractivity contribution in [1.82, 2.24) is 0 Å². The van der Waals surface area contributed by atoms with E-state index >= 15 is 0 Å². The maximum atomic E-state index is 12.9. The molecule has 5 heteroatoms. The lowest BCUT2D eigenvalue weighted by Crippen LogP contribution is -2.11. The van der Waals surface area contributed by atoms with Gasteiger partial charge in [0, 0.05) is 19.3 Å². The highest BCUT2D eigenvalue weighted by Gasteiger charge is 2.33. The Balaban J connectivity index is 2.18. The Bertz CT molecular complexity index is 596. The zero-order valence-corrected chi connectivity index (χ0v) is 11.6. The summed E-state index contributed by atoms with van der Waals surface area (Å²) < 4.78 is 43.8. The van der Waals surface area contributed by atoms with Crippen molar-refractivity contribution >= 4 is 5.69 Å². The maximum absolute atomic E-state index is 12.9. The van der Waals surface area contributed by atoms with Gasteiger partial charge in [-0.2, -0.15) is 13.2 Å². The highest BCUT2D eigenvalue weighted by atomic mass is 19.4. The third-order valence-corrected chi connectivity index (χ3v) is 3.12. The molecule has 0 aliphatic heterocycles. The van der Waals surface area contributed by atoms with Crippen molar-refractivity contribution < 1.29 is 17.9 Å². The molecule has 0 aliphatic rings. The summed E-state index contributed by atoms with van der Waals surface area (Å²) >= 11 is 0. The van der Waals surface area contributed by atoms with Gasteiger partial charge in [-0.1, -0.05) is 36.4 Å². The molecule has 0 atom stereocenters. The van der Waals surface area contributed by atoms with Crippen molar-refractivity contribution in [2.75, 3.05) is 12.4 Å². The molecule has 0 heterocycles. The number of ether oxygens (including phenoxy) is 1. The van der Waals surface area contributed by atoms with E-state index in [0.29, 0.717) is 13.2 Å². The Morgan fingerprint density at radius 1 is 0.952 bits per heavy atom. The molecular formula is C16H16F3NO. The van der Waals surface area contributed by atoms with Gasteiger partial charge in [-0.25, -0.2) is 0 Å². The number of hydrogen-bond donors (Lipinski definition) is 1. The predicted octanol–water partition coefficient (Wildman–Crippen LogP) is 4.46. The molecule has 2 aromatic carbocycles. The highest BCUT2D eigenvalue weighted by molar-refractivity contribution is 5.53. The van der Waals surface area contributed by atoms with Gasteiger partial charge in [-0.15, -0.1) is 0 Å². The van der Waals surface area contributed by atoms with Gasteiger partial charge in [0.1, 0.15) is 0 Å². The fourth-order valence-electron chi connectivity index (χ4n) is 2.10. The van der Waals surface area contributed by atoms with Crippen molar-refractivity contribution in [3.05, 3.63) is 65.2 Å². The lowest BCUT2D eigenvalue weighted by molar-refractivity contribution is -0.136. The van der Waals surface area contributed by atoms with Gasteiger partial charge in [0.05, 0.1) is 12.2 Å². The van der Waals surface area contributed by atoms with Gasteiger partial charge in [-0.05, 0) is 23.3 Å². The van der Waals surface area contributed by atoms with Gasteiger partial charge in [-0.3, -0.25) is 0 Å². The zero-order chi connectivity index (χ0) is 15.3. The number of rotatable bonds is 5. The summed E-state index contributed by atoms with van der Waals surface area (Å²) in [6, 6.07) is 13.0. The summed E-state index contributed by atoms with van der Waals surface area (Å²) in [6.45, 7) is 0.741. The highest BCUT2D eigenvalue weighted by Crippen LogP contribution is 2.34. The van der Waals surface area contributed by atoms with E-state index in [1.807, 2.05) is 24.3 Å². The fraction of sp³-hybridized carbons (Fsp3) is 0.250. The van der Waals surface area contributed by atoms with Crippen LogP contribution in [0.25, 0.3) is 0 Å². The topological polar surface area (TPSA) is 21.3 Å². The first kappa shape index (κ1) is 15.4.